The van der Waals surface area contributed by atoms with Crippen molar-refractivity contribution in [3.05, 3.63) is 16.9 Å². The van der Waals surface area contributed by atoms with Crippen LogP contribution in [-0.4, -0.2) is 12.0 Å². The molecule has 4 heteroatoms. The molecule has 0 unspecified atom stereocenters. The highest BCUT2D eigenvalue weighted by atomic mass is 35.5. The molecule has 17 heavy (non-hydrogen) atoms. The minimum atomic E-state index is 0.550. The molecule has 0 radical (unpaired) electrons. The van der Waals surface area contributed by atoms with Gasteiger partial charge in [0, 0.05) is 6.07 Å². The summed E-state index contributed by atoms with van der Waals surface area (Å²) < 4.78 is 2.19. The Morgan fingerprint density at radius 1 is 1.29 bits per heavy atom. The molecule has 0 atom stereocenters. The zero-order valence-corrected chi connectivity index (χ0v) is 11.8. The van der Waals surface area contributed by atoms with Crippen LogP contribution < -0.4 is 9.88 Å². The number of aryl methyl sites for hydroxylation is 1. The average molecular weight is 257 g/mol. The monoisotopic (exact) mass is 256 g/mol. The number of aromatic nitrogens is 2. The highest BCUT2D eigenvalue weighted by Crippen LogP contribution is 2.09. The molecule has 1 rings (SSSR count). The fraction of sp³-hybridized carbons (Fsp3) is 0.692. The first-order valence-corrected chi connectivity index (χ1v) is 6.81. The van der Waals surface area contributed by atoms with E-state index in [4.69, 9.17) is 11.6 Å². The third kappa shape index (κ3) is 4.50. The van der Waals surface area contributed by atoms with Crippen molar-refractivity contribution >= 4 is 17.5 Å². The van der Waals surface area contributed by atoms with Gasteiger partial charge < -0.3 is 0 Å². The Bertz CT molecular complexity index is 353. The molecule has 0 aliphatic carbocycles. The second-order valence-electron chi connectivity index (χ2n) is 4.36. The van der Waals surface area contributed by atoms with E-state index in [0.29, 0.717) is 5.15 Å². The Hall–Kier alpha value is -0.830. The van der Waals surface area contributed by atoms with E-state index < -0.39 is 0 Å². The number of unbranched alkanes of at least 4 members (excludes halogenated alkanes) is 4. The number of hydrogen-bond donors (Lipinski definition) is 1. The number of hydrogen-bond acceptors (Lipinski definition) is 2. The van der Waals surface area contributed by atoms with E-state index in [1.54, 1.807) is 0 Å². The number of nitrogens with one attached hydrogen (secondary N) is 1. The van der Waals surface area contributed by atoms with Gasteiger partial charge in [-0.1, -0.05) is 37.6 Å². The van der Waals surface area contributed by atoms with Crippen LogP contribution in [0.2, 0.25) is 5.15 Å². The van der Waals surface area contributed by atoms with Gasteiger partial charge in [-0.2, -0.15) is 0 Å². The highest BCUT2D eigenvalue weighted by molar-refractivity contribution is 6.29. The highest BCUT2D eigenvalue weighted by Gasteiger charge is 2.13. The summed E-state index contributed by atoms with van der Waals surface area (Å²) in [7, 11) is 1.88. The van der Waals surface area contributed by atoms with Gasteiger partial charge in [0.2, 0.25) is 5.15 Å². The van der Waals surface area contributed by atoms with Gasteiger partial charge in [-0.25, -0.2) is 4.57 Å². The lowest BCUT2D eigenvalue weighted by Gasteiger charge is -2.08. The van der Waals surface area contributed by atoms with Crippen LogP contribution >= 0.6 is 11.6 Å². The molecule has 3 nitrogen and oxygen atoms in total. The molecule has 0 amide bonds. The van der Waals surface area contributed by atoms with Crippen LogP contribution in [0.5, 0.6) is 0 Å². The Morgan fingerprint density at radius 3 is 2.65 bits per heavy atom. The van der Waals surface area contributed by atoms with Crippen molar-refractivity contribution in [3.8, 4) is 0 Å². The first kappa shape index (κ1) is 14.2. The molecule has 0 aromatic carbocycles. The molecular formula is C13H23ClN3+. The molecule has 1 N–H and O–H groups in total. The van der Waals surface area contributed by atoms with E-state index in [1.165, 1.54) is 32.1 Å². The lowest BCUT2D eigenvalue weighted by Crippen LogP contribution is -2.41. The van der Waals surface area contributed by atoms with Crippen LogP contribution in [0.15, 0.2) is 6.07 Å². The van der Waals surface area contributed by atoms with Gasteiger partial charge in [0.1, 0.15) is 0 Å². The Morgan fingerprint density at radius 2 is 2.00 bits per heavy atom. The van der Waals surface area contributed by atoms with Gasteiger partial charge in [-0.15, -0.1) is 0 Å². The van der Waals surface area contributed by atoms with Gasteiger partial charge in [0.15, 0.2) is 0 Å². The van der Waals surface area contributed by atoms with Crippen molar-refractivity contribution < 1.29 is 4.57 Å². The van der Waals surface area contributed by atoms with Gasteiger partial charge in [0.05, 0.1) is 19.3 Å². The van der Waals surface area contributed by atoms with E-state index in [2.05, 4.69) is 28.7 Å². The standard InChI is InChI=1S/C13H22ClN3/c1-4-5-6-7-8-9-17-11(2)10-12(14)16-13(17)15-3/h10H,4-9H2,1-3H3/p+1. The number of halogens is 1. The molecule has 0 saturated heterocycles. The number of nitrogens with zero attached hydrogens (tertiary/aromatic N) is 2. The number of rotatable bonds is 7. The molecule has 1 heterocycles. The summed E-state index contributed by atoms with van der Waals surface area (Å²) in [4.78, 5) is 4.28. The van der Waals surface area contributed by atoms with Crippen molar-refractivity contribution in [3.63, 3.8) is 0 Å². The summed E-state index contributed by atoms with van der Waals surface area (Å²) in [5, 5.41) is 3.65. The smallest absolute Gasteiger partial charge is 0.277 e. The van der Waals surface area contributed by atoms with Gasteiger partial charge >= 0.3 is 5.95 Å². The third-order valence-electron chi connectivity index (χ3n) is 2.93. The summed E-state index contributed by atoms with van der Waals surface area (Å²) in [6.45, 7) is 5.32. The summed E-state index contributed by atoms with van der Waals surface area (Å²) in [6, 6.07) is 1.91. The van der Waals surface area contributed by atoms with Crippen molar-refractivity contribution in [2.45, 2.75) is 52.5 Å². The van der Waals surface area contributed by atoms with Crippen LogP contribution in [0.4, 0.5) is 5.95 Å². The topological polar surface area (TPSA) is 28.8 Å². The van der Waals surface area contributed by atoms with Gasteiger partial charge in [0.25, 0.3) is 0 Å². The van der Waals surface area contributed by atoms with E-state index in [0.717, 1.165) is 18.2 Å². The van der Waals surface area contributed by atoms with Gasteiger partial charge in [-0.3, -0.25) is 5.32 Å². The molecule has 0 bridgehead atoms. The molecule has 0 fully saturated rings. The van der Waals surface area contributed by atoms with E-state index in [1.807, 2.05) is 13.1 Å². The Kier molecular flexibility index (Phi) is 6.27. The lowest BCUT2D eigenvalue weighted by molar-refractivity contribution is -0.691. The largest absolute Gasteiger partial charge is 0.393 e. The SMILES string of the molecule is CCCCCCC[n+]1c(C)cc(Cl)nc1NC. The van der Waals surface area contributed by atoms with Crippen LogP contribution in [0.25, 0.3) is 0 Å². The summed E-state index contributed by atoms with van der Waals surface area (Å²) >= 11 is 5.94. The molecule has 0 aliphatic heterocycles. The quantitative estimate of drug-likeness (QED) is 0.461. The van der Waals surface area contributed by atoms with Crippen LogP contribution in [0, 0.1) is 6.92 Å². The molecule has 1 aromatic heterocycles. The second-order valence-corrected chi connectivity index (χ2v) is 4.75. The zero-order valence-electron chi connectivity index (χ0n) is 11.1. The summed E-state index contributed by atoms with van der Waals surface area (Å²) in [5.41, 5.74) is 1.16. The van der Waals surface area contributed by atoms with Crippen molar-refractivity contribution in [2.75, 3.05) is 12.4 Å². The molecular weight excluding hydrogens is 234 g/mol. The van der Waals surface area contributed by atoms with Crippen molar-refractivity contribution in [1.29, 1.82) is 0 Å². The minimum Gasteiger partial charge on any atom is -0.277 e. The predicted octanol–water partition coefficient (Wildman–Crippen LogP) is 3.34. The van der Waals surface area contributed by atoms with E-state index >= 15 is 0 Å². The summed E-state index contributed by atoms with van der Waals surface area (Å²) in [5.74, 6) is 0.852. The fourth-order valence-corrected chi connectivity index (χ4v) is 2.20. The third-order valence-corrected chi connectivity index (χ3v) is 3.12. The van der Waals surface area contributed by atoms with Crippen molar-refractivity contribution in [2.24, 2.45) is 0 Å². The minimum absolute atomic E-state index is 0.550. The molecule has 0 saturated carbocycles. The zero-order chi connectivity index (χ0) is 12.7. The maximum absolute atomic E-state index is 5.94. The van der Waals surface area contributed by atoms with Crippen molar-refractivity contribution in [1.82, 2.24) is 4.98 Å². The Balaban J connectivity index is 2.57. The van der Waals surface area contributed by atoms with Crippen LogP contribution in [0.1, 0.15) is 44.7 Å². The fourth-order valence-electron chi connectivity index (χ4n) is 1.96. The molecule has 1 aromatic rings. The normalized spacial score (nSPS) is 10.6. The maximum Gasteiger partial charge on any atom is 0.393 e. The maximum atomic E-state index is 5.94. The van der Waals surface area contributed by atoms with E-state index in [-0.39, 0.29) is 0 Å². The first-order chi connectivity index (χ1) is 8.19. The Labute approximate surface area is 109 Å². The molecule has 0 spiro atoms. The van der Waals surface area contributed by atoms with E-state index in [9.17, 15) is 0 Å². The average Bonchev–Trinajstić information content (AvgIpc) is 2.30. The predicted molar refractivity (Wildman–Crippen MR) is 72.5 cm³/mol. The van der Waals surface area contributed by atoms with Crippen LogP contribution in [0.3, 0.4) is 0 Å². The molecule has 0 aliphatic rings. The van der Waals surface area contributed by atoms with Gasteiger partial charge in [-0.05, 0) is 24.9 Å². The lowest BCUT2D eigenvalue weighted by atomic mass is 10.1. The number of anilines is 1. The van der Waals surface area contributed by atoms with Crippen LogP contribution in [-0.2, 0) is 6.54 Å². The summed E-state index contributed by atoms with van der Waals surface area (Å²) in [6.07, 6.45) is 6.43. The second kappa shape index (κ2) is 7.49. The molecule has 96 valence electrons. The first-order valence-electron chi connectivity index (χ1n) is 6.43.